The Kier molecular flexibility index (Phi) is 5.57. The summed E-state index contributed by atoms with van der Waals surface area (Å²) in [5, 5.41) is 3.49. The van der Waals surface area contributed by atoms with E-state index in [2.05, 4.69) is 5.32 Å². The number of hydrogen-bond acceptors (Lipinski definition) is 1. The number of benzene rings is 1. The minimum absolute atomic E-state index is 0.0926. The molecule has 0 spiro atoms. The van der Waals surface area contributed by atoms with Crippen molar-refractivity contribution in [2.45, 2.75) is 19.2 Å². The summed E-state index contributed by atoms with van der Waals surface area (Å²) in [6, 6.07) is 4.76. The number of carbonyl (C=O) groups is 1. The van der Waals surface area contributed by atoms with E-state index in [0.29, 0.717) is 28.1 Å². The fourth-order valence-electron chi connectivity index (χ4n) is 1.19. The number of amides is 1. The molecule has 0 aliphatic rings. The van der Waals surface area contributed by atoms with E-state index in [-0.39, 0.29) is 11.3 Å². The normalized spacial score (nSPS) is 12.6. The summed E-state index contributed by atoms with van der Waals surface area (Å²) < 4.78 is 0. The largest absolute Gasteiger partial charge is 0.350 e. The zero-order valence-corrected chi connectivity index (χ0v) is 11.9. The predicted octanol–water partition coefficient (Wildman–Crippen LogP) is 3.99. The fourth-order valence-corrected chi connectivity index (χ4v) is 1.77. The number of carbonyl (C=O) groups excluding carboxylic acids is 1. The third-order valence-corrected chi connectivity index (χ3v) is 3.56. The Hall–Kier alpha value is -0.440. The summed E-state index contributed by atoms with van der Waals surface area (Å²) in [7, 11) is 0. The molecule has 1 amide bonds. The molecule has 0 saturated carbocycles. The summed E-state index contributed by atoms with van der Waals surface area (Å²) in [5.74, 6) is 0.0654. The van der Waals surface area contributed by atoms with E-state index in [9.17, 15) is 4.79 Å². The quantitative estimate of drug-likeness (QED) is 0.836. The van der Waals surface area contributed by atoms with Gasteiger partial charge >= 0.3 is 0 Å². The Labute approximate surface area is 116 Å². The van der Waals surface area contributed by atoms with E-state index in [0.717, 1.165) is 0 Å². The molecule has 0 saturated heterocycles. The molecule has 0 heterocycles. The minimum atomic E-state index is -0.238. The molecule has 1 aromatic rings. The van der Waals surface area contributed by atoms with E-state index in [1.807, 2.05) is 13.8 Å². The smallest absolute Gasteiger partial charge is 0.252 e. The number of halogens is 3. The number of nitrogens with one attached hydrogen (secondary N) is 1. The van der Waals surface area contributed by atoms with Gasteiger partial charge in [-0.2, -0.15) is 0 Å². The van der Waals surface area contributed by atoms with Gasteiger partial charge in [0.15, 0.2) is 0 Å². The molecule has 0 fully saturated rings. The Morgan fingerprint density at radius 1 is 1.35 bits per heavy atom. The van der Waals surface area contributed by atoms with Gasteiger partial charge in [0, 0.05) is 11.6 Å². The summed E-state index contributed by atoms with van der Waals surface area (Å²) in [5.41, 5.74) is 0.406. The Morgan fingerprint density at radius 3 is 2.53 bits per heavy atom. The van der Waals surface area contributed by atoms with Gasteiger partial charge in [0.1, 0.15) is 0 Å². The van der Waals surface area contributed by atoms with Gasteiger partial charge in [-0.25, -0.2) is 0 Å². The van der Waals surface area contributed by atoms with Crippen molar-refractivity contribution in [2.24, 2.45) is 5.92 Å². The molecule has 0 aromatic heterocycles. The topological polar surface area (TPSA) is 29.1 Å². The van der Waals surface area contributed by atoms with Crippen LogP contribution in [0.2, 0.25) is 10.0 Å². The first-order valence-corrected chi connectivity index (χ1v) is 6.48. The fraction of sp³-hybridized carbons (Fsp3) is 0.417. The number of rotatable bonds is 4. The zero-order chi connectivity index (χ0) is 13.0. The lowest BCUT2D eigenvalue weighted by molar-refractivity contribution is 0.0952. The van der Waals surface area contributed by atoms with Gasteiger partial charge in [-0.1, -0.05) is 37.0 Å². The van der Waals surface area contributed by atoms with Gasteiger partial charge in [0.05, 0.1) is 16.0 Å². The minimum Gasteiger partial charge on any atom is -0.350 e. The average molecular weight is 295 g/mol. The van der Waals surface area contributed by atoms with E-state index in [4.69, 9.17) is 34.8 Å². The van der Waals surface area contributed by atoms with Crippen LogP contribution in [0.4, 0.5) is 0 Å². The molecule has 17 heavy (non-hydrogen) atoms. The van der Waals surface area contributed by atoms with Crippen LogP contribution in [-0.2, 0) is 0 Å². The molecule has 1 rings (SSSR count). The van der Waals surface area contributed by atoms with Gasteiger partial charge in [0.25, 0.3) is 5.91 Å². The molecule has 0 bridgehead atoms. The number of hydrogen-bond donors (Lipinski definition) is 1. The van der Waals surface area contributed by atoms with Crippen LogP contribution in [0.5, 0.6) is 0 Å². The number of alkyl halides is 1. The lowest BCUT2D eigenvalue weighted by Gasteiger charge is -2.14. The summed E-state index contributed by atoms with van der Waals surface area (Å²) in [4.78, 5) is 11.8. The van der Waals surface area contributed by atoms with Crippen molar-refractivity contribution in [3.63, 3.8) is 0 Å². The first-order chi connectivity index (χ1) is 7.91. The van der Waals surface area contributed by atoms with Gasteiger partial charge < -0.3 is 5.32 Å². The summed E-state index contributed by atoms with van der Waals surface area (Å²) >= 11 is 17.7. The van der Waals surface area contributed by atoms with Crippen molar-refractivity contribution < 1.29 is 4.79 Å². The molecule has 2 nitrogen and oxygen atoms in total. The van der Waals surface area contributed by atoms with Crippen molar-refractivity contribution >= 4 is 40.7 Å². The Morgan fingerprint density at radius 2 is 2.00 bits per heavy atom. The molecule has 1 aromatic carbocycles. The monoisotopic (exact) mass is 293 g/mol. The standard InChI is InChI=1S/C12H14Cl3NO/c1-7(2)11(15)6-16-12(17)9-4-3-8(13)5-10(9)14/h3-5,7,11H,6H2,1-2H3,(H,16,17). The van der Waals surface area contributed by atoms with Gasteiger partial charge in [0.2, 0.25) is 0 Å². The van der Waals surface area contributed by atoms with Crippen LogP contribution in [0.1, 0.15) is 24.2 Å². The highest BCUT2D eigenvalue weighted by Crippen LogP contribution is 2.20. The maximum Gasteiger partial charge on any atom is 0.252 e. The molecule has 1 N–H and O–H groups in total. The van der Waals surface area contributed by atoms with Crippen molar-refractivity contribution in [1.82, 2.24) is 5.32 Å². The lowest BCUT2D eigenvalue weighted by atomic mass is 10.1. The second-order valence-electron chi connectivity index (χ2n) is 4.09. The van der Waals surface area contributed by atoms with E-state index in [1.54, 1.807) is 18.2 Å². The molecular formula is C12H14Cl3NO. The molecule has 0 radical (unpaired) electrons. The predicted molar refractivity (Wildman–Crippen MR) is 73.3 cm³/mol. The first kappa shape index (κ1) is 14.6. The maximum atomic E-state index is 11.8. The highest BCUT2D eigenvalue weighted by molar-refractivity contribution is 6.36. The molecular weight excluding hydrogens is 280 g/mol. The SMILES string of the molecule is CC(C)C(Cl)CNC(=O)c1ccc(Cl)cc1Cl. The third kappa shape index (κ3) is 4.38. The van der Waals surface area contributed by atoms with Crippen molar-refractivity contribution in [2.75, 3.05) is 6.54 Å². The van der Waals surface area contributed by atoms with Gasteiger partial charge in [-0.15, -0.1) is 11.6 Å². The van der Waals surface area contributed by atoms with Gasteiger partial charge in [-0.3, -0.25) is 4.79 Å². The van der Waals surface area contributed by atoms with Crippen LogP contribution in [0.3, 0.4) is 0 Å². The summed E-state index contributed by atoms with van der Waals surface area (Å²) in [6.45, 7) is 4.41. The third-order valence-electron chi connectivity index (χ3n) is 2.36. The zero-order valence-electron chi connectivity index (χ0n) is 9.64. The van der Waals surface area contributed by atoms with Crippen molar-refractivity contribution in [3.05, 3.63) is 33.8 Å². The maximum absolute atomic E-state index is 11.8. The van der Waals surface area contributed by atoms with Crippen LogP contribution < -0.4 is 5.32 Å². The van der Waals surface area contributed by atoms with Crippen LogP contribution in [-0.4, -0.2) is 17.8 Å². The molecule has 94 valence electrons. The van der Waals surface area contributed by atoms with E-state index >= 15 is 0 Å². The van der Waals surface area contributed by atoms with Crippen molar-refractivity contribution in [1.29, 1.82) is 0 Å². The van der Waals surface area contributed by atoms with E-state index < -0.39 is 0 Å². The molecule has 1 unspecified atom stereocenters. The first-order valence-electron chi connectivity index (χ1n) is 5.29. The van der Waals surface area contributed by atoms with Crippen LogP contribution >= 0.6 is 34.8 Å². The Balaban J connectivity index is 2.64. The van der Waals surface area contributed by atoms with E-state index in [1.165, 1.54) is 0 Å². The molecule has 1 atom stereocenters. The second kappa shape index (κ2) is 6.48. The average Bonchev–Trinajstić information content (AvgIpc) is 2.25. The Bertz CT molecular complexity index is 407. The highest BCUT2D eigenvalue weighted by atomic mass is 35.5. The van der Waals surface area contributed by atoms with Crippen LogP contribution in [0.15, 0.2) is 18.2 Å². The van der Waals surface area contributed by atoms with Crippen molar-refractivity contribution in [3.8, 4) is 0 Å². The summed E-state index contributed by atoms with van der Waals surface area (Å²) in [6.07, 6.45) is 0. The second-order valence-corrected chi connectivity index (χ2v) is 5.50. The highest BCUT2D eigenvalue weighted by Gasteiger charge is 2.14. The van der Waals surface area contributed by atoms with Crippen LogP contribution in [0.25, 0.3) is 0 Å². The molecule has 5 heteroatoms. The lowest BCUT2D eigenvalue weighted by Crippen LogP contribution is -2.32. The molecule has 0 aliphatic heterocycles. The van der Waals surface area contributed by atoms with Crippen LogP contribution in [0, 0.1) is 5.92 Å². The van der Waals surface area contributed by atoms with Gasteiger partial charge in [-0.05, 0) is 24.1 Å². The molecule has 0 aliphatic carbocycles.